The molecule has 0 bridgehead atoms. The van der Waals surface area contributed by atoms with E-state index in [1.807, 2.05) is 36.4 Å². The van der Waals surface area contributed by atoms with Gasteiger partial charge in [-0.2, -0.15) is 5.10 Å². The van der Waals surface area contributed by atoms with E-state index in [-0.39, 0.29) is 0 Å². The predicted molar refractivity (Wildman–Crippen MR) is 119 cm³/mol. The number of nitrogens with zero attached hydrogens (tertiary/aromatic N) is 4. The van der Waals surface area contributed by atoms with E-state index in [9.17, 15) is 0 Å². The first-order chi connectivity index (χ1) is 14.2. The lowest BCUT2D eigenvalue weighted by Crippen LogP contribution is -2.43. The summed E-state index contributed by atoms with van der Waals surface area (Å²) in [5, 5.41) is 18.7. The molecule has 3 aromatic heterocycles. The first-order valence-electron chi connectivity index (χ1n) is 10.1. The lowest BCUT2D eigenvalue weighted by atomic mass is 10.00. The third-order valence-electron chi connectivity index (χ3n) is 5.36. The maximum atomic E-state index is 7.78. The second-order valence-corrected chi connectivity index (χ2v) is 7.13. The monoisotopic (exact) mass is 389 g/mol. The van der Waals surface area contributed by atoms with Crippen molar-refractivity contribution >= 4 is 23.1 Å². The average molecular weight is 390 g/mol. The van der Waals surface area contributed by atoms with Crippen LogP contribution in [-0.4, -0.2) is 54.0 Å². The number of hydrogen-bond acceptors (Lipinski definition) is 6. The highest BCUT2D eigenvalue weighted by Crippen LogP contribution is 2.31. The van der Waals surface area contributed by atoms with Gasteiger partial charge in [-0.1, -0.05) is 6.92 Å². The van der Waals surface area contributed by atoms with Gasteiger partial charge in [-0.05, 0) is 30.2 Å². The van der Waals surface area contributed by atoms with Crippen LogP contribution in [0.4, 0.5) is 5.82 Å². The summed E-state index contributed by atoms with van der Waals surface area (Å²) in [6.07, 6.45) is 9.96. The van der Waals surface area contributed by atoms with Crippen LogP contribution in [0.1, 0.15) is 18.1 Å². The predicted octanol–water partition coefficient (Wildman–Crippen LogP) is 2.58. The van der Waals surface area contributed by atoms with E-state index in [1.54, 1.807) is 0 Å². The summed E-state index contributed by atoms with van der Waals surface area (Å²) in [6.45, 7) is 6.08. The largest absolute Gasteiger partial charge is 0.393 e. The standard InChI is InChI=1S/C22H27N7/c1-3-16-14-27-29-15-18(19(11-23)12-24-2)10-20(22(16)29)17-4-5-21(26-13-17)28-8-6-25-7-9-28/h4-5,10-15,23-25H,3,6-9H2,1-2H3/b19-12+,23-11?. The molecule has 1 aliphatic rings. The molecule has 1 aliphatic heterocycles. The molecule has 29 heavy (non-hydrogen) atoms. The average Bonchev–Trinajstić information content (AvgIpc) is 3.21. The van der Waals surface area contributed by atoms with Gasteiger partial charge < -0.3 is 20.9 Å². The molecule has 0 unspecified atom stereocenters. The smallest absolute Gasteiger partial charge is 0.128 e. The third kappa shape index (κ3) is 3.73. The minimum absolute atomic E-state index is 0.801. The van der Waals surface area contributed by atoms with Crippen LogP contribution in [0.2, 0.25) is 0 Å². The van der Waals surface area contributed by atoms with E-state index in [0.717, 1.165) is 66.2 Å². The molecule has 3 aromatic rings. The summed E-state index contributed by atoms with van der Waals surface area (Å²) < 4.78 is 1.92. The molecule has 0 spiro atoms. The summed E-state index contributed by atoms with van der Waals surface area (Å²) in [4.78, 5) is 7.06. The summed E-state index contributed by atoms with van der Waals surface area (Å²) in [5.74, 6) is 1.02. The number of pyridine rings is 2. The number of aromatic nitrogens is 3. The van der Waals surface area contributed by atoms with E-state index in [1.165, 1.54) is 11.8 Å². The maximum Gasteiger partial charge on any atom is 0.128 e. The Kier molecular flexibility index (Phi) is 5.57. The molecule has 4 rings (SSSR count). The van der Waals surface area contributed by atoms with Crippen molar-refractivity contribution in [2.24, 2.45) is 0 Å². The van der Waals surface area contributed by atoms with E-state index < -0.39 is 0 Å². The highest BCUT2D eigenvalue weighted by atomic mass is 15.2. The Morgan fingerprint density at radius 3 is 2.76 bits per heavy atom. The van der Waals surface area contributed by atoms with Crippen molar-refractivity contribution in [2.75, 3.05) is 38.1 Å². The fraction of sp³-hybridized carbons (Fsp3) is 0.318. The first kappa shape index (κ1) is 19.1. The highest BCUT2D eigenvalue weighted by Gasteiger charge is 2.15. The number of rotatable bonds is 6. The molecule has 7 heteroatoms. The summed E-state index contributed by atoms with van der Waals surface area (Å²) in [5.41, 5.74) is 6.18. The number of piperazine rings is 1. The number of hydrogen-bond donors (Lipinski definition) is 3. The zero-order chi connectivity index (χ0) is 20.2. The zero-order valence-electron chi connectivity index (χ0n) is 16.9. The molecule has 0 saturated carbocycles. The Morgan fingerprint density at radius 2 is 2.10 bits per heavy atom. The normalized spacial score (nSPS) is 15.0. The van der Waals surface area contributed by atoms with Gasteiger partial charge in [0, 0.05) is 80.3 Å². The molecule has 150 valence electrons. The Balaban J connectivity index is 1.81. The molecule has 0 atom stereocenters. The van der Waals surface area contributed by atoms with E-state index in [2.05, 4.69) is 45.8 Å². The SMILES string of the molecule is CCc1cnn2cc(/C(C=N)=C/NC)cc(-c3ccc(N4CCNCC4)nc3)c12. The Morgan fingerprint density at radius 1 is 1.28 bits per heavy atom. The Hall–Kier alpha value is -3.19. The topological polar surface area (TPSA) is 81.3 Å². The summed E-state index contributed by atoms with van der Waals surface area (Å²) >= 11 is 0. The van der Waals surface area contributed by atoms with Gasteiger partial charge in [0.05, 0.1) is 11.7 Å². The maximum absolute atomic E-state index is 7.78. The number of allylic oxidation sites excluding steroid dienone is 1. The second kappa shape index (κ2) is 8.45. The molecule has 1 saturated heterocycles. The minimum atomic E-state index is 0.801. The van der Waals surface area contributed by atoms with Gasteiger partial charge in [0.2, 0.25) is 0 Å². The van der Waals surface area contributed by atoms with Crippen LogP contribution in [0.3, 0.4) is 0 Å². The summed E-state index contributed by atoms with van der Waals surface area (Å²) in [6, 6.07) is 6.38. The van der Waals surface area contributed by atoms with Crippen LogP contribution in [-0.2, 0) is 6.42 Å². The van der Waals surface area contributed by atoms with Crippen LogP contribution in [0.5, 0.6) is 0 Å². The van der Waals surface area contributed by atoms with Crippen molar-refractivity contribution in [3.63, 3.8) is 0 Å². The molecule has 3 N–H and O–H groups in total. The van der Waals surface area contributed by atoms with Gasteiger partial charge in [0.1, 0.15) is 5.82 Å². The molecular formula is C22H27N7. The number of fused-ring (bicyclic) bond motifs is 1. The Bertz CT molecular complexity index is 1030. The molecule has 4 heterocycles. The third-order valence-corrected chi connectivity index (χ3v) is 5.36. The first-order valence-corrected chi connectivity index (χ1v) is 10.1. The lowest BCUT2D eigenvalue weighted by Gasteiger charge is -2.28. The fourth-order valence-corrected chi connectivity index (χ4v) is 3.81. The zero-order valence-corrected chi connectivity index (χ0v) is 16.9. The van der Waals surface area contributed by atoms with Crippen molar-refractivity contribution < 1.29 is 0 Å². The van der Waals surface area contributed by atoms with Crippen LogP contribution in [0.15, 0.2) is 43.0 Å². The van der Waals surface area contributed by atoms with Gasteiger partial charge in [-0.3, -0.25) is 0 Å². The van der Waals surface area contributed by atoms with Crippen molar-refractivity contribution in [1.82, 2.24) is 25.2 Å². The van der Waals surface area contributed by atoms with Gasteiger partial charge in [-0.15, -0.1) is 0 Å². The van der Waals surface area contributed by atoms with Gasteiger partial charge in [0.15, 0.2) is 0 Å². The minimum Gasteiger partial charge on any atom is -0.393 e. The van der Waals surface area contributed by atoms with Gasteiger partial charge >= 0.3 is 0 Å². The van der Waals surface area contributed by atoms with Crippen LogP contribution < -0.4 is 15.5 Å². The number of anilines is 1. The number of aryl methyl sites for hydroxylation is 1. The quantitative estimate of drug-likeness (QED) is 0.565. The number of nitrogens with one attached hydrogen (secondary N) is 3. The van der Waals surface area contributed by atoms with Crippen molar-refractivity contribution in [3.05, 3.63) is 54.1 Å². The Labute approximate surface area is 171 Å². The molecule has 0 aliphatic carbocycles. The van der Waals surface area contributed by atoms with Crippen LogP contribution >= 0.6 is 0 Å². The van der Waals surface area contributed by atoms with Crippen LogP contribution in [0, 0.1) is 5.41 Å². The molecule has 0 radical (unpaired) electrons. The lowest BCUT2D eigenvalue weighted by molar-refractivity contribution is 0.585. The molecule has 7 nitrogen and oxygen atoms in total. The summed E-state index contributed by atoms with van der Waals surface area (Å²) in [7, 11) is 1.84. The fourth-order valence-electron chi connectivity index (χ4n) is 3.81. The van der Waals surface area contributed by atoms with E-state index >= 15 is 0 Å². The second-order valence-electron chi connectivity index (χ2n) is 7.13. The van der Waals surface area contributed by atoms with Crippen LogP contribution in [0.25, 0.3) is 22.2 Å². The molecular weight excluding hydrogens is 362 g/mol. The molecule has 0 aromatic carbocycles. The van der Waals surface area contributed by atoms with Crippen molar-refractivity contribution in [2.45, 2.75) is 13.3 Å². The van der Waals surface area contributed by atoms with Crippen molar-refractivity contribution in [1.29, 1.82) is 5.41 Å². The molecule has 1 fully saturated rings. The van der Waals surface area contributed by atoms with Gasteiger partial charge in [-0.25, -0.2) is 9.50 Å². The highest BCUT2D eigenvalue weighted by molar-refractivity contribution is 6.08. The van der Waals surface area contributed by atoms with E-state index in [4.69, 9.17) is 10.4 Å². The molecule has 0 amide bonds. The van der Waals surface area contributed by atoms with E-state index in [0.29, 0.717) is 0 Å². The van der Waals surface area contributed by atoms with Gasteiger partial charge in [0.25, 0.3) is 0 Å². The van der Waals surface area contributed by atoms with Crippen molar-refractivity contribution in [3.8, 4) is 11.1 Å².